The van der Waals surface area contributed by atoms with Gasteiger partial charge in [0.1, 0.15) is 5.75 Å². The van der Waals surface area contributed by atoms with E-state index < -0.39 is 0 Å². The molecule has 3 heteroatoms. The minimum absolute atomic E-state index is 0.612. The minimum Gasteiger partial charge on any atom is -0.491 e. The highest BCUT2D eigenvalue weighted by Gasteiger charge is 1.99. The highest BCUT2D eigenvalue weighted by atomic mass is 16.5. The second-order valence-electron chi connectivity index (χ2n) is 9.30. The summed E-state index contributed by atoms with van der Waals surface area (Å²) in [6.45, 7) is 7.48. The van der Waals surface area contributed by atoms with Crippen molar-refractivity contribution in [3.05, 3.63) is 18.2 Å². The van der Waals surface area contributed by atoms with E-state index >= 15 is 0 Å². The van der Waals surface area contributed by atoms with Crippen molar-refractivity contribution in [2.24, 2.45) is 0 Å². The Hall–Kier alpha value is -1.38. The number of hydrogen-bond donors (Lipinski definition) is 2. The summed E-state index contributed by atoms with van der Waals surface area (Å²) in [4.78, 5) is 0. The predicted molar refractivity (Wildman–Crippen MR) is 146 cm³/mol. The Kier molecular flexibility index (Phi) is 23.2. The number of ether oxygens (including phenoxy) is 1. The van der Waals surface area contributed by atoms with Crippen molar-refractivity contribution in [2.45, 2.75) is 143 Å². The summed E-state index contributed by atoms with van der Waals surface area (Å²) >= 11 is 0. The summed E-state index contributed by atoms with van der Waals surface area (Å²) in [5, 5.41) is 0. The monoisotopic (exact) mass is 448 g/mol. The zero-order valence-electron chi connectivity index (χ0n) is 21.9. The van der Waals surface area contributed by atoms with Gasteiger partial charge in [0, 0.05) is 5.69 Å². The minimum atomic E-state index is 0.612. The predicted octanol–water partition coefficient (Wildman–Crippen LogP) is 9.69. The highest BCUT2D eigenvalue weighted by Crippen LogP contribution is 2.23. The lowest BCUT2D eigenvalue weighted by atomic mass is 10.0. The van der Waals surface area contributed by atoms with E-state index in [0.29, 0.717) is 11.4 Å². The summed E-state index contributed by atoms with van der Waals surface area (Å²) in [5.74, 6) is 0.732. The smallest absolute Gasteiger partial charge is 0.142 e. The van der Waals surface area contributed by atoms with Gasteiger partial charge in [0.15, 0.2) is 0 Å². The number of rotatable bonds is 20. The van der Waals surface area contributed by atoms with Crippen LogP contribution in [0.2, 0.25) is 0 Å². The van der Waals surface area contributed by atoms with Crippen LogP contribution in [0.3, 0.4) is 0 Å². The quantitative estimate of drug-likeness (QED) is 0.154. The van der Waals surface area contributed by atoms with Crippen molar-refractivity contribution in [3.63, 3.8) is 0 Å². The Morgan fingerprint density at radius 1 is 0.531 bits per heavy atom. The van der Waals surface area contributed by atoms with Crippen LogP contribution < -0.4 is 16.2 Å². The molecule has 0 atom stereocenters. The average molecular weight is 449 g/mol. The molecule has 3 nitrogen and oxygen atoms in total. The second kappa shape index (κ2) is 24.3. The second-order valence-corrected chi connectivity index (χ2v) is 9.30. The molecule has 1 rings (SSSR count). The molecule has 0 aliphatic carbocycles. The topological polar surface area (TPSA) is 61.3 Å². The first kappa shape index (κ1) is 30.6. The number of unbranched alkanes of at least 4 members (excludes halogenated alkanes) is 17. The zero-order chi connectivity index (χ0) is 23.7. The number of anilines is 2. The fraction of sp³-hybridized carbons (Fsp3) is 0.793. The molecule has 0 saturated heterocycles. The van der Waals surface area contributed by atoms with Crippen molar-refractivity contribution in [1.29, 1.82) is 0 Å². The molecule has 32 heavy (non-hydrogen) atoms. The molecule has 0 aliphatic rings. The molecule has 0 aliphatic heterocycles. The van der Waals surface area contributed by atoms with E-state index in [4.69, 9.17) is 16.2 Å². The number of nitrogen functional groups attached to an aromatic ring is 2. The lowest BCUT2D eigenvalue weighted by Crippen LogP contribution is -2.00. The molecule has 0 spiro atoms. The van der Waals surface area contributed by atoms with E-state index in [-0.39, 0.29) is 0 Å². The Morgan fingerprint density at radius 3 is 1.28 bits per heavy atom. The molecule has 0 unspecified atom stereocenters. The SMILES string of the molecule is CCCCCCCCCCCCCCCCCC.CCCCCOc1ccc(N)cc1N. The molecular formula is C29H56N2O. The van der Waals surface area contributed by atoms with Crippen LogP contribution in [0.4, 0.5) is 11.4 Å². The molecule has 188 valence electrons. The van der Waals surface area contributed by atoms with Gasteiger partial charge in [-0.1, -0.05) is 136 Å². The number of benzene rings is 1. The van der Waals surface area contributed by atoms with Crippen LogP contribution in [0, 0.1) is 0 Å². The van der Waals surface area contributed by atoms with Gasteiger partial charge in [-0.15, -0.1) is 0 Å². The van der Waals surface area contributed by atoms with Gasteiger partial charge in [0.05, 0.1) is 12.3 Å². The van der Waals surface area contributed by atoms with Crippen molar-refractivity contribution in [3.8, 4) is 5.75 Å². The molecule has 0 radical (unpaired) electrons. The number of nitrogens with two attached hydrogens (primary N) is 2. The van der Waals surface area contributed by atoms with Crippen LogP contribution in [0.25, 0.3) is 0 Å². The standard InChI is InChI=1S/C18H38.C11H18N2O/c1-3-5-7-9-11-13-15-17-18-16-14-12-10-8-6-4-2;1-2-3-4-7-14-11-6-5-9(12)8-10(11)13/h3-18H2,1-2H3;5-6,8H,2-4,7,12-13H2,1H3. The molecule has 4 N–H and O–H groups in total. The van der Waals surface area contributed by atoms with Gasteiger partial charge in [-0.25, -0.2) is 0 Å². The Labute approximate surface area is 201 Å². The van der Waals surface area contributed by atoms with Gasteiger partial charge in [-0.2, -0.15) is 0 Å². The van der Waals surface area contributed by atoms with Gasteiger partial charge in [-0.3, -0.25) is 0 Å². The van der Waals surface area contributed by atoms with Crippen LogP contribution in [-0.2, 0) is 0 Å². The van der Waals surface area contributed by atoms with Crippen molar-refractivity contribution in [1.82, 2.24) is 0 Å². The van der Waals surface area contributed by atoms with Crippen LogP contribution in [-0.4, -0.2) is 6.61 Å². The van der Waals surface area contributed by atoms with Gasteiger partial charge >= 0.3 is 0 Å². The van der Waals surface area contributed by atoms with E-state index in [1.165, 1.54) is 116 Å². The fourth-order valence-electron chi connectivity index (χ4n) is 3.85. The summed E-state index contributed by atoms with van der Waals surface area (Å²) in [6.07, 6.45) is 26.9. The van der Waals surface area contributed by atoms with Crippen LogP contribution in [0.15, 0.2) is 18.2 Å². The van der Waals surface area contributed by atoms with Gasteiger partial charge < -0.3 is 16.2 Å². The van der Waals surface area contributed by atoms with Crippen molar-refractivity contribution < 1.29 is 4.74 Å². The van der Waals surface area contributed by atoms with E-state index in [1.54, 1.807) is 12.1 Å². The largest absolute Gasteiger partial charge is 0.491 e. The molecule has 0 amide bonds. The summed E-state index contributed by atoms with van der Waals surface area (Å²) < 4.78 is 5.51. The van der Waals surface area contributed by atoms with E-state index in [0.717, 1.165) is 18.8 Å². The summed E-state index contributed by atoms with van der Waals surface area (Å²) in [6, 6.07) is 5.33. The Balaban J connectivity index is 0.000000618. The third-order valence-corrected chi connectivity index (χ3v) is 6.00. The Morgan fingerprint density at radius 2 is 0.906 bits per heavy atom. The van der Waals surface area contributed by atoms with Gasteiger partial charge in [0.2, 0.25) is 0 Å². The highest BCUT2D eigenvalue weighted by molar-refractivity contribution is 5.60. The zero-order valence-corrected chi connectivity index (χ0v) is 21.9. The third-order valence-electron chi connectivity index (χ3n) is 6.00. The summed E-state index contributed by atoms with van der Waals surface area (Å²) in [5.41, 5.74) is 12.6. The van der Waals surface area contributed by atoms with Gasteiger partial charge in [0.25, 0.3) is 0 Å². The maximum Gasteiger partial charge on any atom is 0.142 e. The molecule has 0 aromatic heterocycles. The molecule has 0 bridgehead atoms. The lowest BCUT2D eigenvalue weighted by molar-refractivity contribution is 0.308. The van der Waals surface area contributed by atoms with Crippen LogP contribution in [0.1, 0.15) is 143 Å². The van der Waals surface area contributed by atoms with Crippen molar-refractivity contribution in [2.75, 3.05) is 18.1 Å². The lowest BCUT2D eigenvalue weighted by Gasteiger charge is -2.08. The first-order valence-corrected chi connectivity index (χ1v) is 13.9. The maximum atomic E-state index is 5.73. The van der Waals surface area contributed by atoms with Crippen molar-refractivity contribution >= 4 is 11.4 Å². The maximum absolute atomic E-state index is 5.73. The van der Waals surface area contributed by atoms with Gasteiger partial charge in [-0.05, 0) is 24.6 Å². The molecule has 0 saturated carbocycles. The normalized spacial score (nSPS) is 10.6. The number of hydrogen-bond acceptors (Lipinski definition) is 3. The molecule has 1 aromatic carbocycles. The first-order chi connectivity index (χ1) is 15.7. The van der Waals surface area contributed by atoms with Crippen LogP contribution in [0.5, 0.6) is 5.75 Å². The Bertz CT molecular complexity index is 488. The molecular weight excluding hydrogens is 392 g/mol. The molecule has 1 aromatic rings. The molecule has 0 heterocycles. The molecule has 0 fully saturated rings. The summed E-state index contributed by atoms with van der Waals surface area (Å²) in [7, 11) is 0. The third kappa shape index (κ3) is 20.5. The average Bonchev–Trinajstić information content (AvgIpc) is 2.79. The first-order valence-electron chi connectivity index (χ1n) is 13.9. The van der Waals surface area contributed by atoms with E-state index in [2.05, 4.69) is 20.8 Å². The van der Waals surface area contributed by atoms with Crippen LogP contribution >= 0.6 is 0 Å². The van der Waals surface area contributed by atoms with E-state index in [9.17, 15) is 0 Å². The fourth-order valence-corrected chi connectivity index (χ4v) is 3.85. The van der Waals surface area contributed by atoms with E-state index in [1.807, 2.05) is 6.07 Å².